The molecule has 0 radical (unpaired) electrons. The van der Waals surface area contributed by atoms with E-state index in [2.05, 4.69) is 10.6 Å². The molecular weight excluding hydrogens is 725 g/mol. The van der Waals surface area contributed by atoms with Crippen molar-refractivity contribution < 1.29 is 45.8 Å². The molecule has 0 saturated heterocycles. The van der Waals surface area contributed by atoms with E-state index >= 15 is 0 Å². The molecule has 11 nitrogen and oxygen atoms in total. The van der Waals surface area contributed by atoms with Crippen LogP contribution >= 0.6 is 11.6 Å². The largest absolute Gasteiger partial charge is 0.490 e. The van der Waals surface area contributed by atoms with Crippen LogP contribution in [0, 0.1) is 5.92 Å². The quantitative estimate of drug-likeness (QED) is 0.222. The van der Waals surface area contributed by atoms with Crippen molar-refractivity contribution in [3.8, 4) is 5.75 Å². The van der Waals surface area contributed by atoms with E-state index in [4.69, 9.17) is 21.1 Å². The van der Waals surface area contributed by atoms with E-state index in [9.17, 15) is 36.3 Å². The van der Waals surface area contributed by atoms with E-state index in [1.165, 1.54) is 52.7 Å². The number of rotatable bonds is 8. The predicted octanol–water partition coefficient (Wildman–Crippen LogP) is 7.12. The van der Waals surface area contributed by atoms with Gasteiger partial charge >= 0.3 is 12.2 Å². The number of nitrogens with zero attached hydrogens (tertiary/aromatic N) is 2. The Bertz CT molecular complexity index is 1780. The topological polar surface area (TPSA) is 138 Å². The zero-order valence-electron chi connectivity index (χ0n) is 29.3. The summed E-state index contributed by atoms with van der Waals surface area (Å²) >= 11 is 5.97. The van der Waals surface area contributed by atoms with E-state index in [0.29, 0.717) is 24.5 Å². The number of nitrogens with one attached hydrogen (secondary N) is 2. The maximum atomic E-state index is 14.4. The Balaban J connectivity index is 1.60. The van der Waals surface area contributed by atoms with Crippen molar-refractivity contribution >= 4 is 44.9 Å². The molecule has 0 bridgehead atoms. The second kappa shape index (κ2) is 17.8. The van der Waals surface area contributed by atoms with Crippen molar-refractivity contribution in [2.24, 2.45) is 5.92 Å². The Morgan fingerprint density at radius 1 is 1.04 bits per heavy atom. The van der Waals surface area contributed by atoms with Gasteiger partial charge in [-0.1, -0.05) is 18.5 Å². The van der Waals surface area contributed by atoms with Gasteiger partial charge < -0.3 is 30.1 Å². The van der Waals surface area contributed by atoms with Gasteiger partial charge in [0.05, 0.1) is 40.9 Å². The number of carbonyl (C=O) groups excluding carboxylic acids is 2. The Kier molecular flexibility index (Phi) is 14.0. The number of benzene rings is 3. The molecule has 3 aromatic carbocycles. The number of hydrogen-bond donors (Lipinski definition) is 3. The summed E-state index contributed by atoms with van der Waals surface area (Å²) in [6, 6.07) is 12.9. The van der Waals surface area contributed by atoms with Gasteiger partial charge in [0.25, 0.3) is 5.91 Å². The van der Waals surface area contributed by atoms with E-state index in [1.54, 1.807) is 13.0 Å². The SMILES string of the molecule is C[C@@H]1CCCCO[C@H](CN(C)S(=O)(=O)c2ccc(Cl)cc2)[C@@H](C)CN([C@H](C)CO)C(=O)c2cc(NC(=O)Nc3ccc(C(F)(F)F)cc3)ccc2O1. The molecule has 1 aliphatic heterocycles. The van der Waals surface area contributed by atoms with Gasteiger partial charge in [-0.2, -0.15) is 17.5 Å². The Hall–Kier alpha value is -3.89. The van der Waals surface area contributed by atoms with Gasteiger partial charge in [0, 0.05) is 49.1 Å². The standard InChI is InChI=1S/C36H44ClF3N4O7S/c1-23-20-44(24(2)22-45)34(46)31-19-29(42-35(47)41-28-12-8-26(9-13-28)36(38,39)40)14-17-32(31)51-25(3)7-5-6-18-50-33(23)21-43(4)52(48,49)30-15-10-27(37)11-16-30/h8-17,19,23-25,33,45H,5-7,18,20-22H2,1-4H3,(H2,41,42,47)/t23-,24+,25+,33+/m0/s1. The molecule has 0 aliphatic carbocycles. The van der Waals surface area contributed by atoms with Crippen molar-refractivity contribution in [1.82, 2.24) is 9.21 Å². The Morgan fingerprint density at radius 3 is 2.31 bits per heavy atom. The lowest BCUT2D eigenvalue weighted by Crippen LogP contribution is -2.48. The van der Waals surface area contributed by atoms with Gasteiger partial charge in [-0.15, -0.1) is 0 Å². The smallest absolute Gasteiger partial charge is 0.416 e. The van der Waals surface area contributed by atoms with Gasteiger partial charge in [-0.3, -0.25) is 4.79 Å². The molecule has 4 atom stereocenters. The lowest BCUT2D eigenvalue weighted by Gasteiger charge is -2.35. The average molecular weight is 769 g/mol. The number of amides is 3. The fourth-order valence-electron chi connectivity index (χ4n) is 5.64. The van der Waals surface area contributed by atoms with Crippen LogP contribution in [0.15, 0.2) is 71.6 Å². The van der Waals surface area contributed by atoms with Gasteiger partial charge in [-0.05, 0) is 99.8 Å². The molecule has 0 fully saturated rings. The molecule has 52 heavy (non-hydrogen) atoms. The van der Waals surface area contributed by atoms with E-state index in [0.717, 1.165) is 30.7 Å². The van der Waals surface area contributed by atoms with Crippen LogP contribution < -0.4 is 15.4 Å². The molecule has 1 heterocycles. The highest BCUT2D eigenvalue weighted by molar-refractivity contribution is 7.89. The maximum Gasteiger partial charge on any atom is 0.416 e. The fraction of sp³-hybridized carbons (Fsp3) is 0.444. The molecule has 16 heteroatoms. The molecule has 1 aliphatic rings. The molecule has 0 aromatic heterocycles. The first-order valence-electron chi connectivity index (χ1n) is 16.8. The van der Waals surface area contributed by atoms with Crippen LogP contribution in [-0.4, -0.2) is 86.3 Å². The number of anilines is 2. The number of aliphatic hydroxyl groups is 1. The fourth-order valence-corrected chi connectivity index (χ4v) is 6.95. The summed E-state index contributed by atoms with van der Waals surface area (Å²) in [5.41, 5.74) is -0.434. The summed E-state index contributed by atoms with van der Waals surface area (Å²) in [4.78, 5) is 28.7. The van der Waals surface area contributed by atoms with Crippen molar-refractivity contribution in [2.75, 3.05) is 44.0 Å². The number of aliphatic hydroxyl groups excluding tert-OH is 1. The lowest BCUT2D eigenvalue weighted by atomic mass is 10.0. The summed E-state index contributed by atoms with van der Waals surface area (Å²) in [6.07, 6.45) is -3.46. The normalized spacial score (nSPS) is 20.0. The summed E-state index contributed by atoms with van der Waals surface area (Å²) in [7, 11) is -2.44. The van der Waals surface area contributed by atoms with Crippen LogP contribution in [0.3, 0.4) is 0 Å². The molecule has 0 saturated carbocycles. The summed E-state index contributed by atoms with van der Waals surface area (Å²) in [5, 5.41) is 15.7. The summed E-state index contributed by atoms with van der Waals surface area (Å²) in [6.45, 7) is 5.40. The number of sulfonamides is 1. The maximum absolute atomic E-state index is 14.4. The third-order valence-corrected chi connectivity index (χ3v) is 10.8. The molecule has 284 valence electrons. The highest BCUT2D eigenvalue weighted by atomic mass is 35.5. The number of likely N-dealkylation sites (N-methyl/N-ethyl adjacent to an activating group) is 1. The number of halogens is 4. The van der Waals surface area contributed by atoms with Crippen LogP contribution in [0.4, 0.5) is 29.3 Å². The molecule has 4 rings (SSSR count). The minimum Gasteiger partial charge on any atom is -0.490 e. The minimum absolute atomic E-state index is 0.0140. The molecule has 3 N–H and O–H groups in total. The molecular formula is C36H44ClF3N4O7S. The molecule has 0 spiro atoms. The number of carbonyl (C=O) groups is 2. The minimum atomic E-state index is -4.52. The monoisotopic (exact) mass is 768 g/mol. The number of fused-ring (bicyclic) bond motifs is 1. The first-order chi connectivity index (χ1) is 24.5. The van der Waals surface area contributed by atoms with E-state index in [-0.39, 0.29) is 53.4 Å². The van der Waals surface area contributed by atoms with Crippen LogP contribution in [0.25, 0.3) is 0 Å². The highest BCUT2D eigenvalue weighted by Gasteiger charge is 2.33. The number of urea groups is 1. The van der Waals surface area contributed by atoms with Crippen LogP contribution in [-0.2, 0) is 20.9 Å². The zero-order chi connectivity index (χ0) is 38.2. The predicted molar refractivity (Wildman–Crippen MR) is 192 cm³/mol. The number of hydrogen-bond acceptors (Lipinski definition) is 7. The van der Waals surface area contributed by atoms with Crippen LogP contribution in [0.2, 0.25) is 5.02 Å². The Labute approximate surface area is 307 Å². The molecule has 3 aromatic rings. The van der Waals surface area contributed by atoms with E-state index in [1.807, 2.05) is 13.8 Å². The molecule has 3 amide bonds. The van der Waals surface area contributed by atoms with Gasteiger partial charge in [0.2, 0.25) is 10.0 Å². The first kappa shape index (κ1) is 40.9. The van der Waals surface area contributed by atoms with Gasteiger partial charge in [-0.25, -0.2) is 13.2 Å². The van der Waals surface area contributed by atoms with Crippen molar-refractivity contribution in [2.45, 2.75) is 69.4 Å². The van der Waals surface area contributed by atoms with Crippen LogP contribution in [0.1, 0.15) is 56.0 Å². The second-order valence-corrected chi connectivity index (χ2v) is 15.4. The van der Waals surface area contributed by atoms with Crippen molar-refractivity contribution in [1.29, 1.82) is 0 Å². The third-order valence-electron chi connectivity index (χ3n) is 8.74. The Morgan fingerprint density at radius 2 is 1.67 bits per heavy atom. The average Bonchev–Trinajstić information content (AvgIpc) is 3.09. The van der Waals surface area contributed by atoms with Crippen molar-refractivity contribution in [3.05, 3.63) is 82.9 Å². The number of ether oxygens (including phenoxy) is 2. The summed E-state index contributed by atoms with van der Waals surface area (Å²) < 4.78 is 79.4. The van der Waals surface area contributed by atoms with Gasteiger partial charge in [0.15, 0.2) is 0 Å². The third kappa shape index (κ3) is 10.8. The van der Waals surface area contributed by atoms with Crippen molar-refractivity contribution in [3.63, 3.8) is 0 Å². The number of alkyl halides is 3. The molecule has 0 unspecified atom stereocenters. The zero-order valence-corrected chi connectivity index (χ0v) is 30.9. The lowest BCUT2D eigenvalue weighted by molar-refractivity contribution is -0.137. The van der Waals surface area contributed by atoms with Crippen LogP contribution in [0.5, 0.6) is 5.75 Å². The second-order valence-electron chi connectivity index (χ2n) is 12.9. The van der Waals surface area contributed by atoms with Gasteiger partial charge in [0.1, 0.15) is 5.75 Å². The van der Waals surface area contributed by atoms with E-state index < -0.39 is 51.8 Å². The highest BCUT2D eigenvalue weighted by Crippen LogP contribution is 2.31. The summed E-state index contributed by atoms with van der Waals surface area (Å²) in [5.74, 6) is -0.671. The first-order valence-corrected chi connectivity index (χ1v) is 18.6.